The summed E-state index contributed by atoms with van der Waals surface area (Å²) in [6, 6.07) is 0. The van der Waals surface area contributed by atoms with E-state index in [9.17, 15) is 9.59 Å². The van der Waals surface area contributed by atoms with E-state index in [1.54, 1.807) is 0 Å². The van der Waals surface area contributed by atoms with E-state index in [0.717, 1.165) is 6.92 Å². The maximum atomic E-state index is 10.5. The molecule has 0 spiro atoms. The second kappa shape index (κ2) is 3.88. The first-order valence-corrected chi connectivity index (χ1v) is 3.65. The number of hydrogen-bond donors (Lipinski definition) is 5. The fourth-order valence-electron chi connectivity index (χ4n) is 0.836. The van der Waals surface area contributed by atoms with Crippen LogP contribution < -0.4 is 22.9 Å². The monoisotopic (exact) mass is 206 g/mol. The maximum Gasteiger partial charge on any atom is 0.338 e. The Hall–Kier alpha value is -1.22. The van der Waals surface area contributed by atoms with Crippen molar-refractivity contribution in [2.45, 2.75) is 24.9 Å². The summed E-state index contributed by atoms with van der Waals surface area (Å²) in [5, 5.41) is 8.54. The highest BCUT2D eigenvalue weighted by atomic mass is 16.6. The van der Waals surface area contributed by atoms with Crippen LogP contribution in [0.2, 0.25) is 0 Å². The number of carbonyl (C=O) groups excluding carboxylic acids is 1. The van der Waals surface area contributed by atoms with E-state index in [1.165, 1.54) is 0 Å². The van der Waals surface area contributed by atoms with Crippen LogP contribution in [0, 0.1) is 0 Å². The highest BCUT2D eigenvalue weighted by Crippen LogP contribution is 2.09. The van der Waals surface area contributed by atoms with Crippen LogP contribution in [0.25, 0.3) is 0 Å². The van der Waals surface area contributed by atoms with Gasteiger partial charge in [-0.25, -0.2) is 4.79 Å². The number of rotatable bonds is 4. The van der Waals surface area contributed by atoms with E-state index in [0.29, 0.717) is 0 Å². The number of aliphatic carboxylic acids is 1. The predicted molar refractivity (Wildman–Crippen MR) is 46.2 cm³/mol. The Morgan fingerprint density at radius 1 is 1.29 bits per heavy atom. The van der Waals surface area contributed by atoms with E-state index in [2.05, 4.69) is 4.74 Å². The van der Waals surface area contributed by atoms with Crippen molar-refractivity contribution in [2.75, 3.05) is 0 Å². The second-order valence-electron chi connectivity index (χ2n) is 3.07. The number of carbonyl (C=O) groups is 2. The molecule has 8 heteroatoms. The number of carboxylic acid groups (broad SMARTS) is 1. The molecular formula is C6H14N4O4. The standard InChI is InChI=1S/C6H14N4O4/c1-3(11)14-6(9,10)2-5(7,8)4(12)13/h2,7-10H2,1H3,(H,12,13). The van der Waals surface area contributed by atoms with Gasteiger partial charge in [0.2, 0.25) is 5.85 Å². The molecule has 0 radical (unpaired) electrons. The minimum absolute atomic E-state index is 0.602. The van der Waals surface area contributed by atoms with Gasteiger partial charge in [-0.05, 0) is 0 Å². The normalized spacial score (nSPS) is 12.4. The summed E-state index contributed by atoms with van der Waals surface area (Å²) in [5.41, 5.74) is 18.7. The molecule has 0 rings (SSSR count). The summed E-state index contributed by atoms with van der Waals surface area (Å²) >= 11 is 0. The van der Waals surface area contributed by atoms with Gasteiger partial charge in [0.05, 0.1) is 6.42 Å². The quantitative estimate of drug-likeness (QED) is 0.243. The highest BCUT2D eigenvalue weighted by Gasteiger charge is 2.39. The Morgan fingerprint density at radius 2 is 1.71 bits per heavy atom. The number of nitrogens with two attached hydrogens (primary N) is 4. The fourth-order valence-corrected chi connectivity index (χ4v) is 0.836. The highest BCUT2D eigenvalue weighted by molar-refractivity contribution is 5.77. The smallest absolute Gasteiger partial charge is 0.338 e. The van der Waals surface area contributed by atoms with E-state index < -0.39 is 29.9 Å². The molecule has 0 fully saturated rings. The molecule has 0 saturated heterocycles. The molecule has 0 aromatic carbocycles. The van der Waals surface area contributed by atoms with Gasteiger partial charge < -0.3 is 21.3 Å². The summed E-state index contributed by atoms with van der Waals surface area (Å²) in [6.07, 6.45) is -0.602. The van der Waals surface area contributed by atoms with Gasteiger partial charge in [-0.1, -0.05) is 0 Å². The van der Waals surface area contributed by atoms with Crippen LogP contribution in [0.1, 0.15) is 13.3 Å². The number of hydrogen-bond acceptors (Lipinski definition) is 7. The Bertz CT molecular complexity index is 250. The van der Waals surface area contributed by atoms with Crippen LogP contribution in [0.3, 0.4) is 0 Å². The molecule has 8 nitrogen and oxygen atoms in total. The van der Waals surface area contributed by atoms with Gasteiger partial charge in [0.15, 0.2) is 5.66 Å². The largest absolute Gasteiger partial charge is 0.479 e. The summed E-state index contributed by atoms with van der Waals surface area (Å²) < 4.78 is 4.42. The van der Waals surface area contributed by atoms with Gasteiger partial charge >= 0.3 is 11.9 Å². The van der Waals surface area contributed by atoms with Crippen LogP contribution in [-0.2, 0) is 14.3 Å². The molecule has 0 aliphatic rings. The van der Waals surface area contributed by atoms with Crippen molar-refractivity contribution in [3.63, 3.8) is 0 Å². The Morgan fingerprint density at radius 3 is 2.00 bits per heavy atom. The lowest BCUT2D eigenvalue weighted by molar-refractivity contribution is -0.162. The molecule has 0 heterocycles. The van der Waals surface area contributed by atoms with E-state index >= 15 is 0 Å². The third-order valence-electron chi connectivity index (χ3n) is 1.30. The van der Waals surface area contributed by atoms with Gasteiger partial charge in [0.25, 0.3) is 0 Å². The molecule has 0 aromatic rings. The molecule has 0 unspecified atom stereocenters. The lowest BCUT2D eigenvalue weighted by Gasteiger charge is -2.30. The van der Waals surface area contributed by atoms with Crippen molar-refractivity contribution >= 4 is 11.9 Å². The minimum Gasteiger partial charge on any atom is -0.479 e. The second-order valence-corrected chi connectivity index (χ2v) is 3.07. The van der Waals surface area contributed by atoms with E-state index in [-0.39, 0.29) is 0 Å². The molecule has 0 atom stereocenters. The minimum atomic E-state index is -2.14. The summed E-state index contributed by atoms with van der Waals surface area (Å²) in [5.74, 6) is -4.24. The topological polar surface area (TPSA) is 168 Å². The van der Waals surface area contributed by atoms with Crippen LogP contribution in [0.15, 0.2) is 0 Å². The van der Waals surface area contributed by atoms with E-state index in [1.807, 2.05) is 0 Å². The van der Waals surface area contributed by atoms with Crippen molar-refractivity contribution in [3.8, 4) is 0 Å². The SMILES string of the molecule is CC(=O)OC(N)(N)CC(N)(N)C(=O)O. The summed E-state index contributed by atoms with van der Waals surface area (Å²) in [4.78, 5) is 21.0. The van der Waals surface area contributed by atoms with Gasteiger partial charge in [-0.3, -0.25) is 16.3 Å². The van der Waals surface area contributed by atoms with E-state index in [4.69, 9.17) is 28.0 Å². The zero-order chi connectivity index (χ0) is 11.6. The Kier molecular flexibility index (Phi) is 3.54. The first kappa shape index (κ1) is 12.8. The van der Waals surface area contributed by atoms with Gasteiger partial charge in [0, 0.05) is 6.92 Å². The van der Waals surface area contributed by atoms with Crippen molar-refractivity contribution in [1.82, 2.24) is 0 Å². The maximum absolute atomic E-state index is 10.5. The Labute approximate surface area is 80.2 Å². The summed E-state index contributed by atoms with van der Waals surface area (Å²) in [6.45, 7) is 1.07. The molecule has 9 N–H and O–H groups in total. The first-order valence-electron chi connectivity index (χ1n) is 3.65. The third kappa shape index (κ3) is 4.14. The molecule has 0 saturated carbocycles. The van der Waals surface area contributed by atoms with Crippen LogP contribution in [0.4, 0.5) is 0 Å². The molecule has 0 aromatic heterocycles. The predicted octanol–water partition coefficient (Wildman–Crippen LogP) is -2.79. The van der Waals surface area contributed by atoms with Crippen molar-refractivity contribution in [3.05, 3.63) is 0 Å². The van der Waals surface area contributed by atoms with Crippen LogP contribution >= 0.6 is 0 Å². The molecular weight excluding hydrogens is 192 g/mol. The average molecular weight is 206 g/mol. The molecule has 0 aliphatic carbocycles. The number of ether oxygens (including phenoxy) is 1. The van der Waals surface area contributed by atoms with Crippen LogP contribution in [-0.4, -0.2) is 28.6 Å². The van der Waals surface area contributed by atoms with Crippen LogP contribution in [0.5, 0.6) is 0 Å². The average Bonchev–Trinajstić information content (AvgIpc) is 1.79. The van der Waals surface area contributed by atoms with Crippen molar-refractivity contribution in [2.24, 2.45) is 22.9 Å². The molecule has 0 amide bonds. The molecule has 0 bridgehead atoms. The number of esters is 1. The zero-order valence-corrected chi connectivity index (χ0v) is 7.69. The van der Waals surface area contributed by atoms with Crippen molar-refractivity contribution < 1.29 is 19.4 Å². The lowest BCUT2D eigenvalue weighted by Crippen LogP contribution is -2.66. The first-order chi connectivity index (χ1) is 6.07. The molecule has 14 heavy (non-hydrogen) atoms. The Balaban J connectivity index is 4.49. The van der Waals surface area contributed by atoms with Crippen molar-refractivity contribution in [1.29, 1.82) is 0 Å². The number of carboxylic acids is 1. The van der Waals surface area contributed by atoms with Gasteiger partial charge in [-0.15, -0.1) is 0 Å². The van der Waals surface area contributed by atoms with Gasteiger partial charge in [-0.2, -0.15) is 0 Å². The summed E-state index contributed by atoms with van der Waals surface area (Å²) in [7, 11) is 0. The zero-order valence-electron chi connectivity index (χ0n) is 7.69. The fraction of sp³-hybridized carbons (Fsp3) is 0.667. The van der Waals surface area contributed by atoms with Gasteiger partial charge in [0.1, 0.15) is 0 Å². The molecule has 82 valence electrons. The third-order valence-corrected chi connectivity index (χ3v) is 1.30. The lowest BCUT2D eigenvalue weighted by atomic mass is 10.1. The molecule has 0 aliphatic heterocycles.